The number of rotatable bonds is 5. The van der Waals surface area contributed by atoms with E-state index in [0.29, 0.717) is 31.9 Å². The van der Waals surface area contributed by atoms with Crippen LogP contribution in [-0.2, 0) is 6.42 Å². The van der Waals surface area contributed by atoms with Crippen LogP contribution < -0.4 is 5.32 Å². The molecule has 0 spiro atoms. The number of carbonyl (C=O) groups is 1. The van der Waals surface area contributed by atoms with E-state index in [-0.39, 0.29) is 5.92 Å². The number of aromatic nitrogens is 2. The van der Waals surface area contributed by atoms with Gasteiger partial charge in [0.25, 0.3) is 0 Å². The molecule has 0 bridgehead atoms. The SMILES string of the molecule is Cc1ccc(CC2[C@@H](F)C(CNc3ncccn3)CCN2C(=O)O)cc1. The van der Waals surface area contributed by atoms with Crippen LogP contribution in [0.2, 0.25) is 0 Å². The minimum Gasteiger partial charge on any atom is -0.465 e. The van der Waals surface area contributed by atoms with E-state index in [2.05, 4.69) is 15.3 Å². The molecule has 1 saturated heterocycles. The molecule has 1 aromatic carbocycles. The molecule has 1 fully saturated rings. The number of amides is 1. The normalized spacial score (nSPS) is 22.8. The second kappa shape index (κ2) is 8.12. The molecule has 2 unspecified atom stereocenters. The number of nitrogens with one attached hydrogen (secondary N) is 1. The summed E-state index contributed by atoms with van der Waals surface area (Å²) in [5.41, 5.74) is 2.06. The van der Waals surface area contributed by atoms with Crippen LogP contribution in [0.25, 0.3) is 0 Å². The first-order chi connectivity index (χ1) is 12.5. The minimum absolute atomic E-state index is 0.287. The molecule has 2 heterocycles. The summed E-state index contributed by atoms with van der Waals surface area (Å²) in [6.45, 7) is 2.69. The fourth-order valence-electron chi connectivity index (χ4n) is 3.37. The summed E-state index contributed by atoms with van der Waals surface area (Å²) < 4.78 is 15.2. The Bertz CT molecular complexity index is 726. The van der Waals surface area contributed by atoms with Crippen molar-refractivity contribution in [1.29, 1.82) is 0 Å². The lowest BCUT2D eigenvalue weighted by Crippen LogP contribution is -2.54. The Balaban J connectivity index is 1.70. The fourth-order valence-corrected chi connectivity index (χ4v) is 3.37. The zero-order chi connectivity index (χ0) is 18.5. The minimum atomic E-state index is -1.25. The standard InChI is InChI=1S/C19H23FN4O2/c1-13-3-5-14(6-4-13)11-16-17(20)15(7-10-24(16)19(25)26)12-23-18-21-8-2-9-22-18/h2-6,8-9,15-17H,7,10-12H2,1H3,(H,25,26)(H,21,22,23)/t15?,16?,17-/m0/s1. The molecule has 2 aromatic rings. The van der Waals surface area contributed by atoms with Crippen LogP contribution in [0, 0.1) is 12.8 Å². The average molecular weight is 358 g/mol. The van der Waals surface area contributed by atoms with Gasteiger partial charge in [-0.1, -0.05) is 29.8 Å². The quantitative estimate of drug-likeness (QED) is 0.858. The monoisotopic (exact) mass is 358 g/mol. The van der Waals surface area contributed by atoms with E-state index in [1.807, 2.05) is 31.2 Å². The van der Waals surface area contributed by atoms with Gasteiger partial charge in [0.15, 0.2) is 0 Å². The lowest BCUT2D eigenvalue weighted by atomic mass is 9.85. The number of hydrogen-bond donors (Lipinski definition) is 2. The molecule has 0 saturated carbocycles. The molecule has 1 aliphatic rings. The Kier molecular flexibility index (Phi) is 5.65. The molecule has 1 amide bonds. The van der Waals surface area contributed by atoms with Gasteiger partial charge < -0.3 is 15.3 Å². The van der Waals surface area contributed by atoms with Crippen molar-refractivity contribution < 1.29 is 14.3 Å². The molecule has 138 valence electrons. The largest absolute Gasteiger partial charge is 0.465 e. The summed E-state index contributed by atoms with van der Waals surface area (Å²) in [5.74, 6) is 0.167. The topological polar surface area (TPSA) is 78.4 Å². The van der Waals surface area contributed by atoms with E-state index in [1.54, 1.807) is 18.5 Å². The number of likely N-dealkylation sites (tertiary alicyclic amines) is 1. The van der Waals surface area contributed by atoms with Crippen LogP contribution >= 0.6 is 0 Å². The molecule has 2 N–H and O–H groups in total. The number of piperidine rings is 1. The molecular formula is C19H23FN4O2. The maximum absolute atomic E-state index is 15.2. The Morgan fingerprint density at radius 3 is 2.65 bits per heavy atom. The van der Waals surface area contributed by atoms with Crippen molar-refractivity contribution in [2.24, 2.45) is 5.92 Å². The average Bonchev–Trinajstić information content (AvgIpc) is 2.64. The van der Waals surface area contributed by atoms with Gasteiger partial charge in [-0.25, -0.2) is 19.2 Å². The maximum atomic E-state index is 15.2. The summed E-state index contributed by atoms with van der Waals surface area (Å²) >= 11 is 0. The second-order valence-electron chi connectivity index (χ2n) is 6.68. The summed E-state index contributed by atoms with van der Waals surface area (Å²) in [6.07, 6.45) is 1.76. The highest BCUT2D eigenvalue weighted by Gasteiger charge is 2.40. The maximum Gasteiger partial charge on any atom is 0.407 e. The van der Waals surface area contributed by atoms with E-state index >= 15 is 4.39 Å². The number of benzene rings is 1. The van der Waals surface area contributed by atoms with Crippen LogP contribution in [0.3, 0.4) is 0 Å². The smallest absolute Gasteiger partial charge is 0.407 e. The third kappa shape index (κ3) is 4.28. The Labute approximate surface area is 152 Å². The molecule has 1 aromatic heterocycles. The van der Waals surface area contributed by atoms with Gasteiger partial charge in [-0.3, -0.25) is 0 Å². The van der Waals surface area contributed by atoms with Gasteiger partial charge in [-0.05, 0) is 31.4 Å². The first kappa shape index (κ1) is 18.1. The highest BCUT2D eigenvalue weighted by molar-refractivity contribution is 5.65. The van der Waals surface area contributed by atoms with Crippen molar-refractivity contribution in [1.82, 2.24) is 14.9 Å². The van der Waals surface area contributed by atoms with Gasteiger partial charge in [-0.2, -0.15) is 0 Å². The molecule has 26 heavy (non-hydrogen) atoms. The van der Waals surface area contributed by atoms with Gasteiger partial charge in [-0.15, -0.1) is 0 Å². The Morgan fingerprint density at radius 1 is 1.31 bits per heavy atom. The van der Waals surface area contributed by atoms with E-state index < -0.39 is 18.3 Å². The van der Waals surface area contributed by atoms with Crippen molar-refractivity contribution in [2.75, 3.05) is 18.4 Å². The number of hydrogen-bond acceptors (Lipinski definition) is 4. The highest BCUT2D eigenvalue weighted by Crippen LogP contribution is 2.29. The van der Waals surface area contributed by atoms with Gasteiger partial charge in [0.2, 0.25) is 5.95 Å². The predicted octanol–water partition coefficient (Wildman–Crippen LogP) is 3.15. The fraction of sp³-hybridized carbons (Fsp3) is 0.421. The number of carboxylic acid groups (broad SMARTS) is 1. The van der Waals surface area contributed by atoms with Crippen LogP contribution in [0.1, 0.15) is 17.5 Å². The molecular weight excluding hydrogens is 335 g/mol. The molecule has 3 rings (SSSR count). The molecule has 3 atom stereocenters. The van der Waals surface area contributed by atoms with Gasteiger partial charge >= 0.3 is 6.09 Å². The first-order valence-electron chi connectivity index (χ1n) is 8.74. The zero-order valence-corrected chi connectivity index (χ0v) is 14.7. The van der Waals surface area contributed by atoms with Crippen LogP contribution in [-0.4, -0.2) is 51.4 Å². The third-order valence-electron chi connectivity index (χ3n) is 4.86. The van der Waals surface area contributed by atoms with Gasteiger partial charge in [0, 0.05) is 31.4 Å². The highest BCUT2D eigenvalue weighted by atomic mass is 19.1. The van der Waals surface area contributed by atoms with Crippen LogP contribution in [0.15, 0.2) is 42.7 Å². The van der Waals surface area contributed by atoms with Crippen molar-refractivity contribution in [3.05, 3.63) is 53.9 Å². The number of aryl methyl sites for hydroxylation is 1. The van der Waals surface area contributed by atoms with Crippen LogP contribution in [0.5, 0.6) is 0 Å². The van der Waals surface area contributed by atoms with Crippen molar-refractivity contribution in [3.63, 3.8) is 0 Å². The lowest BCUT2D eigenvalue weighted by molar-refractivity contribution is 0.0306. The summed E-state index contributed by atoms with van der Waals surface area (Å²) in [4.78, 5) is 21.0. The second-order valence-corrected chi connectivity index (χ2v) is 6.68. The van der Waals surface area contributed by atoms with E-state index in [9.17, 15) is 9.90 Å². The van der Waals surface area contributed by atoms with Crippen LogP contribution in [0.4, 0.5) is 15.1 Å². The lowest BCUT2D eigenvalue weighted by Gasteiger charge is -2.40. The van der Waals surface area contributed by atoms with E-state index in [4.69, 9.17) is 0 Å². The third-order valence-corrected chi connectivity index (χ3v) is 4.86. The zero-order valence-electron chi connectivity index (χ0n) is 14.7. The number of anilines is 1. The summed E-state index contributed by atoms with van der Waals surface area (Å²) in [5, 5.41) is 12.5. The first-order valence-corrected chi connectivity index (χ1v) is 8.74. The number of alkyl halides is 1. The van der Waals surface area contributed by atoms with Gasteiger partial charge in [0.05, 0.1) is 6.04 Å². The molecule has 0 aliphatic carbocycles. The number of nitrogens with zero attached hydrogens (tertiary/aromatic N) is 3. The summed E-state index contributed by atoms with van der Waals surface area (Å²) in [6, 6.07) is 8.81. The van der Waals surface area contributed by atoms with Crippen molar-refractivity contribution in [3.8, 4) is 0 Å². The predicted molar refractivity (Wildman–Crippen MR) is 96.9 cm³/mol. The summed E-state index contributed by atoms with van der Waals surface area (Å²) in [7, 11) is 0. The number of halogens is 1. The van der Waals surface area contributed by atoms with E-state index in [1.165, 1.54) is 4.90 Å². The Morgan fingerprint density at radius 2 is 2.00 bits per heavy atom. The molecule has 7 heteroatoms. The van der Waals surface area contributed by atoms with Crippen molar-refractivity contribution in [2.45, 2.75) is 32.0 Å². The molecule has 0 radical (unpaired) electrons. The van der Waals surface area contributed by atoms with E-state index in [0.717, 1.165) is 11.1 Å². The molecule has 1 aliphatic heterocycles. The van der Waals surface area contributed by atoms with Gasteiger partial charge in [0.1, 0.15) is 6.17 Å². The van der Waals surface area contributed by atoms with Crippen molar-refractivity contribution >= 4 is 12.0 Å². The molecule has 6 nitrogen and oxygen atoms in total. The Hall–Kier alpha value is -2.70.